The molecule has 0 spiro atoms. The molecule has 6 N–H and O–H groups in total. The highest BCUT2D eigenvalue weighted by atomic mass is 16.3. The number of amides is 1. The summed E-state index contributed by atoms with van der Waals surface area (Å²) in [6.45, 7) is 0. The molecule has 6 nitrogen and oxygen atoms in total. The Balaban J connectivity index is 3.29. The number of carbonyl (C=O) groups is 1. The second kappa shape index (κ2) is 3.33. The number of aromatic hydroxyl groups is 4. The molecule has 6 heteroatoms. The molecule has 0 heterocycles. The van der Waals surface area contributed by atoms with E-state index < -0.39 is 35.3 Å². The van der Waals surface area contributed by atoms with E-state index >= 15 is 0 Å². The second-order valence-electron chi connectivity index (χ2n) is 2.73. The Morgan fingerprint density at radius 3 is 2.21 bits per heavy atom. The van der Waals surface area contributed by atoms with Gasteiger partial charge in [-0.15, -0.1) is 0 Å². The van der Waals surface area contributed by atoms with E-state index in [9.17, 15) is 15.0 Å². The summed E-state index contributed by atoms with van der Waals surface area (Å²) in [6, 6.07) is 0.813. The number of phenols is 4. The van der Waals surface area contributed by atoms with E-state index in [-0.39, 0.29) is 5.56 Å². The van der Waals surface area contributed by atoms with Crippen molar-refractivity contribution in [2.45, 2.75) is 6.42 Å². The van der Waals surface area contributed by atoms with Crippen LogP contribution < -0.4 is 5.73 Å². The summed E-state index contributed by atoms with van der Waals surface area (Å²) in [7, 11) is 0. The van der Waals surface area contributed by atoms with Gasteiger partial charge in [0, 0.05) is 11.6 Å². The summed E-state index contributed by atoms with van der Waals surface area (Å²) < 4.78 is 0. The number of nitrogens with two attached hydrogens (primary N) is 1. The molecular formula is C8H9NO5. The van der Waals surface area contributed by atoms with E-state index in [0.29, 0.717) is 0 Å². The first-order valence-corrected chi connectivity index (χ1v) is 3.67. The second-order valence-corrected chi connectivity index (χ2v) is 2.73. The Kier molecular flexibility index (Phi) is 2.37. The number of carbonyl (C=O) groups excluding carboxylic acids is 1. The highest BCUT2D eigenvalue weighted by Crippen LogP contribution is 2.42. The van der Waals surface area contributed by atoms with Crippen molar-refractivity contribution in [3.8, 4) is 23.0 Å². The molecule has 14 heavy (non-hydrogen) atoms. The van der Waals surface area contributed by atoms with Crippen LogP contribution in [-0.4, -0.2) is 26.3 Å². The normalized spacial score (nSPS) is 10.0. The molecule has 0 aliphatic rings. The molecule has 1 amide bonds. The fourth-order valence-electron chi connectivity index (χ4n) is 1.02. The number of rotatable bonds is 2. The third-order valence-electron chi connectivity index (χ3n) is 1.69. The van der Waals surface area contributed by atoms with Gasteiger partial charge in [0.25, 0.3) is 0 Å². The lowest BCUT2D eigenvalue weighted by Crippen LogP contribution is -2.13. The van der Waals surface area contributed by atoms with Crippen LogP contribution in [0.3, 0.4) is 0 Å². The van der Waals surface area contributed by atoms with E-state index in [0.717, 1.165) is 6.07 Å². The van der Waals surface area contributed by atoms with Crippen LogP contribution in [0.2, 0.25) is 0 Å². The summed E-state index contributed by atoms with van der Waals surface area (Å²) in [5.74, 6) is -3.49. The van der Waals surface area contributed by atoms with Crippen molar-refractivity contribution >= 4 is 5.91 Å². The van der Waals surface area contributed by atoms with E-state index in [1.165, 1.54) is 0 Å². The van der Waals surface area contributed by atoms with E-state index in [1.807, 2.05) is 0 Å². The van der Waals surface area contributed by atoms with Crippen molar-refractivity contribution in [1.82, 2.24) is 0 Å². The van der Waals surface area contributed by atoms with Gasteiger partial charge >= 0.3 is 0 Å². The molecule has 0 atom stereocenters. The zero-order valence-corrected chi connectivity index (χ0v) is 7.06. The lowest BCUT2D eigenvalue weighted by atomic mass is 10.1. The standard InChI is InChI=1S/C8H9NO5/c9-6(12)1-3-4(10)2-5(11)8(14)7(3)13/h2,10-11,13-14H,1H2,(H2,9,12). The fraction of sp³-hybridized carbons (Fsp3) is 0.125. The van der Waals surface area contributed by atoms with Gasteiger partial charge in [0.1, 0.15) is 5.75 Å². The molecule has 76 valence electrons. The van der Waals surface area contributed by atoms with Crippen molar-refractivity contribution in [1.29, 1.82) is 0 Å². The summed E-state index contributed by atoms with van der Waals surface area (Å²) in [6.07, 6.45) is -0.425. The minimum absolute atomic E-state index is 0.215. The molecule has 0 aliphatic carbocycles. The monoisotopic (exact) mass is 199 g/mol. The zero-order valence-electron chi connectivity index (χ0n) is 7.06. The molecule has 1 aromatic rings. The Morgan fingerprint density at radius 1 is 1.14 bits per heavy atom. The molecule has 0 saturated carbocycles. The van der Waals surface area contributed by atoms with Gasteiger partial charge in [-0.2, -0.15) is 0 Å². The average molecular weight is 199 g/mol. The number of phenolic OH excluding ortho intramolecular Hbond substituents is 4. The molecule has 0 aromatic heterocycles. The molecule has 0 aliphatic heterocycles. The van der Waals surface area contributed by atoms with Gasteiger partial charge in [-0.1, -0.05) is 0 Å². The van der Waals surface area contributed by atoms with Crippen LogP contribution in [0.1, 0.15) is 5.56 Å². The highest BCUT2D eigenvalue weighted by Gasteiger charge is 2.17. The molecule has 0 unspecified atom stereocenters. The maximum absolute atomic E-state index is 10.5. The number of hydrogen-bond acceptors (Lipinski definition) is 5. The van der Waals surface area contributed by atoms with Crippen molar-refractivity contribution in [3.63, 3.8) is 0 Å². The van der Waals surface area contributed by atoms with Gasteiger partial charge in [-0.3, -0.25) is 4.79 Å². The Morgan fingerprint density at radius 2 is 1.71 bits per heavy atom. The lowest BCUT2D eigenvalue weighted by molar-refractivity contribution is -0.117. The maximum Gasteiger partial charge on any atom is 0.222 e. The Bertz CT molecular complexity index is 388. The predicted molar refractivity (Wildman–Crippen MR) is 46.0 cm³/mol. The van der Waals surface area contributed by atoms with E-state index in [1.54, 1.807) is 0 Å². The van der Waals surface area contributed by atoms with Crippen molar-refractivity contribution in [2.24, 2.45) is 5.73 Å². The SMILES string of the molecule is NC(=O)Cc1c(O)cc(O)c(O)c1O. The van der Waals surface area contributed by atoms with Gasteiger partial charge in [-0.05, 0) is 0 Å². The minimum atomic E-state index is -0.793. The molecule has 0 saturated heterocycles. The van der Waals surface area contributed by atoms with Crippen LogP contribution >= 0.6 is 0 Å². The molecule has 0 fully saturated rings. The minimum Gasteiger partial charge on any atom is -0.507 e. The van der Waals surface area contributed by atoms with Crippen LogP contribution in [0.15, 0.2) is 6.07 Å². The number of hydrogen-bond donors (Lipinski definition) is 5. The van der Waals surface area contributed by atoms with Gasteiger partial charge < -0.3 is 26.2 Å². The number of benzene rings is 1. The first-order chi connectivity index (χ1) is 6.43. The fourth-order valence-corrected chi connectivity index (χ4v) is 1.02. The molecule has 1 aromatic carbocycles. The smallest absolute Gasteiger partial charge is 0.222 e. The Hall–Kier alpha value is -2.11. The molecule has 1 rings (SSSR count). The van der Waals surface area contributed by atoms with Gasteiger partial charge in [0.05, 0.1) is 6.42 Å². The van der Waals surface area contributed by atoms with Crippen molar-refractivity contribution < 1.29 is 25.2 Å². The third-order valence-corrected chi connectivity index (χ3v) is 1.69. The van der Waals surface area contributed by atoms with Crippen LogP contribution in [0.4, 0.5) is 0 Å². The van der Waals surface area contributed by atoms with Gasteiger partial charge in [-0.25, -0.2) is 0 Å². The summed E-state index contributed by atoms with van der Waals surface area (Å²) in [4.78, 5) is 10.5. The summed E-state index contributed by atoms with van der Waals surface area (Å²) >= 11 is 0. The van der Waals surface area contributed by atoms with Crippen molar-refractivity contribution in [2.75, 3.05) is 0 Å². The summed E-state index contributed by atoms with van der Waals surface area (Å²) in [5.41, 5.74) is 4.63. The largest absolute Gasteiger partial charge is 0.507 e. The topological polar surface area (TPSA) is 124 Å². The molecular weight excluding hydrogens is 190 g/mol. The van der Waals surface area contributed by atoms with Crippen molar-refractivity contribution in [3.05, 3.63) is 11.6 Å². The van der Waals surface area contributed by atoms with Crippen LogP contribution in [0, 0.1) is 0 Å². The molecule has 0 bridgehead atoms. The first-order valence-electron chi connectivity index (χ1n) is 3.67. The zero-order chi connectivity index (χ0) is 10.9. The first kappa shape index (κ1) is 9.97. The van der Waals surface area contributed by atoms with Gasteiger partial charge in [0.15, 0.2) is 11.5 Å². The third kappa shape index (κ3) is 1.63. The maximum atomic E-state index is 10.5. The summed E-state index contributed by atoms with van der Waals surface area (Å²) in [5, 5.41) is 36.5. The number of primary amides is 1. The van der Waals surface area contributed by atoms with E-state index in [2.05, 4.69) is 0 Å². The predicted octanol–water partition coefficient (Wildman–Crippen LogP) is -0.463. The average Bonchev–Trinajstić information content (AvgIpc) is 2.09. The lowest BCUT2D eigenvalue weighted by Gasteiger charge is -2.08. The van der Waals surface area contributed by atoms with Crippen LogP contribution in [0.25, 0.3) is 0 Å². The van der Waals surface area contributed by atoms with Crippen LogP contribution in [0.5, 0.6) is 23.0 Å². The highest BCUT2D eigenvalue weighted by molar-refractivity contribution is 5.79. The van der Waals surface area contributed by atoms with Crippen LogP contribution in [-0.2, 0) is 11.2 Å². The van der Waals surface area contributed by atoms with Gasteiger partial charge in [0.2, 0.25) is 11.7 Å². The quantitative estimate of drug-likeness (QED) is 0.325. The van der Waals surface area contributed by atoms with E-state index in [4.69, 9.17) is 15.9 Å². The molecule has 0 radical (unpaired) electrons. The Labute approximate surface area is 78.8 Å².